The SMILES string of the molecule is C=C[C@@H](CCC)NC(=O)Oc1ccccc1. The van der Waals surface area contributed by atoms with Crippen molar-refractivity contribution in [2.75, 3.05) is 0 Å². The standard InChI is InChI=1S/C13H17NO2/c1-3-8-11(4-2)14-13(15)16-12-9-6-5-7-10-12/h4-7,9-11H,2-3,8H2,1H3,(H,14,15)/t11-/m0/s1. The molecule has 0 saturated heterocycles. The fourth-order valence-electron chi connectivity index (χ4n) is 1.34. The van der Waals surface area contributed by atoms with Gasteiger partial charge in [0.1, 0.15) is 5.75 Å². The van der Waals surface area contributed by atoms with E-state index in [0.717, 1.165) is 12.8 Å². The molecule has 0 saturated carbocycles. The van der Waals surface area contributed by atoms with E-state index in [1.807, 2.05) is 18.2 Å². The van der Waals surface area contributed by atoms with Crippen LogP contribution < -0.4 is 10.1 Å². The number of carbonyl (C=O) groups is 1. The van der Waals surface area contributed by atoms with Crippen LogP contribution in [0.5, 0.6) is 5.75 Å². The Labute approximate surface area is 96.1 Å². The molecule has 1 aromatic rings. The molecule has 86 valence electrons. The van der Waals surface area contributed by atoms with E-state index in [2.05, 4.69) is 18.8 Å². The van der Waals surface area contributed by atoms with E-state index >= 15 is 0 Å². The van der Waals surface area contributed by atoms with Crippen LogP contribution in [0.1, 0.15) is 19.8 Å². The van der Waals surface area contributed by atoms with E-state index in [9.17, 15) is 4.79 Å². The summed E-state index contributed by atoms with van der Waals surface area (Å²) in [4.78, 5) is 11.5. The van der Waals surface area contributed by atoms with E-state index in [1.54, 1.807) is 18.2 Å². The van der Waals surface area contributed by atoms with E-state index in [0.29, 0.717) is 5.75 Å². The molecule has 1 N–H and O–H groups in total. The zero-order chi connectivity index (χ0) is 11.8. The van der Waals surface area contributed by atoms with E-state index in [1.165, 1.54) is 0 Å². The lowest BCUT2D eigenvalue weighted by Crippen LogP contribution is -2.35. The van der Waals surface area contributed by atoms with Crippen molar-refractivity contribution in [1.29, 1.82) is 0 Å². The molecule has 0 radical (unpaired) electrons. The van der Waals surface area contributed by atoms with Gasteiger partial charge in [0.05, 0.1) is 6.04 Å². The molecule has 0 unspecified atom stereocenters. The number of para-hydroxylation sites is 1. The topological polar surface area (TPSA) is 38.3 Å². The zero-order valence-corrected chi connectivity index (χ0v) is 9.48. The lowest BCUT2D eigenvalue weighted by atomic mass is 10.2. The van der Waals surface area contributed by atoms with Crippen LogP contribution in [0.4, 0.5) is 4.79 Å². The maximum atomic E-state index is 11.5. The number of hydrogen-bond acceptors (Lipinski definition) is 2. The fraction of sp³-hybridized carbons (Fsp3) is 0.308. The van der Waals surface area contributed by atoms with Gasteiger partial charge in [-0.2, -0.15) is 0 Å². The van der Waals surface area contributed by atoms with Crippen molar-refractivity contribution in [3.63, 3.8) is 0 Å². The molecule has 3 heteroatoms. The van der Waals surface area contributed by atoms with Gasteiger partial charge in [0, 0.05) is 0 Å². The van der Waals surface area contributed by atoms with Gasteiger partial charge in [-0.25, -0.2) is 4.79 Å². The molecule has 0 bridgehead atoms. The lowest BCUT2D eigenvalue weighted by Gasteiger charge is -2.13. The lowest BCUT2D eigenvalue weighted by molar-refractivity contribution is 0.197. The van der Waals surface area contributed by atoms with Crippen LogP contribution >= 0.6 is 0 Å². The van der Waals surface area contributed by atoms with Crippen LogP contribution in [-0.4, -0.2) is 12.1 Å². The molecular formula is C13H17NO2. The summed E-state index contributed by atoms with van der Waals surface area (Å²) in [5.74, 6) is 0.541. The molecule has 0 heterocycles. The van der Waals surface area contributed by atoms with E-state index in [-0.39, 0.29) is 6.04 Å². The number of benzene rings is 1. The molecule has 0 aliphatic rings. The van der Waals surface area contributed by atoms with E-state index < -0.39 is 6.09 Å². The van der Waals surface area contributed by atoms with Gasteiger partial charge in [-0.1, -0.05) is 37.6 Å². The molecule has 1 rings (SSSR count). The average molecular weight is 219 g/mol. The highest BCUT2D eigenvalue weighted by molar-refractivity contribution is 5.70. The second-order valence-electron chi connectivity index (χ2n) is 3.48. The molecule has 1 amide bonds. The molecule has 1 aromatic carbocycles. The van der Waals surface area contributed by atoms with Crippen molar-refractivity contribution >= 4 is 6.09 Å². The maximum absolute atomic E-state index is 11.5. The smallest absolute Gasteiger partial charge is 0.410 e. The zero-order valence-electron chi connectivity index (χ0n) is 9.48. The van der Waals surface area contributed by atoms with Crippen LogP contribution in [0.15, 0.2) is 43.0 Å². The summed E-state index contributed by atoms with van der Waals surface area (Å²) in [6, 6.07) is 8.96. The summed E-state index contributed by atoms with van der Waals surface area (Å²) < 4.78 is 5.10. The van der Waals surface area contributed by atoms with Gasteiger partial charge < -0.3 is 10.1 Å². The summed E-state index contributed by atoms with van der Waals surface area (Å²) in [7, 11) is 0. The van der Waals surface area contributed by atoms with Crippen LogP contribution in [0.25, 0.3) is 0 Å². The van der Waals surface area contributed by atoms with Crippen molar-refractivity contribution in [3.8, 4) is 5.75 Å². The summed E-state index contributed by atoms with van der Waals surface area (Å²) in [6.45, 7) is 5.73. The Balaban J connectivity index is 2.44. The van der Waals surface area contributed by atoms with Crippen LogP contribution in [0, 0.1) is 0 Å². The first-order valence-corrected chi connectivity index (χ1v) is 5.42. The Hall–Kier alpha value is -1.77. The molecule has 0 fully saturated rings. The Morgan fingerprint density at radius 1 is 1.50 bits per heavy atom. The molecular weight excluding hydrogens is 202 g/mol. The molecule has 0 spiro atoms. The second-order valence-corrected chi connectivity index (χ2v) is 3.48. The largest absolute Gasteiger partial charge is 0.413 e. The van der Waals surface area contributed by atoms with Crippen molar-refractivity contribution in [2.45, 2.75) is 25.8 Å². The highest BCUT2D eigenvalue weighted by atomic mass is 16.6. The predicted molar refractivity (Wildman–Crippen MR) is 64.5 cm³/mol. The summed E-state index contributed by atoms with van der Waals surface area (Å²) >= 11 is 0. The summed E-state index contributed by atoms with van der Waals surface area (Å²) in [5.41, 5.74) is 0. The maximum Gasteiger partial charge on any atom is 0.413 e. The Morgan fingerprint density at radius 3 is 2.75 bits per heavy atom. The van der Waals surface area contributed by atoms with Crippen molar-refractivity contribution in [1.82, 2.24) is 5.32 Å². The number of hydrogen-bond donors (Lipinski definition) is 1. The number of amides is 1. The van der Waals surface area contributed by atoms with Crippen LogP contribution in [0.3, 0.4) is 0 Å². The Kier molecular flexibility index (Phi) is 5.12. The molecule has 3 nitrogen and oxygen atoms in total. The quantitative estimate of drug-likeness (QED) is 0.773. The van der Waals surface area contributed by atoms with Crippen molar-refractivity contribution < 1.29 is 9.53 Å². The molecule has 0 aromatic heterocycles. The number of nitrogens with one attached hydrogen (secondary N) is 1. The van der Waals surface area contributed by atoms with Crippen LogP contribution in [-0.2, 0) is 0 Å². The minimum atomic E-state index is -0.440. The monoisotopic (exact) mass is 219 g/mol. The van der Waals surface area contributed by atoms with Gasteiger partial charge in [-0.3, -0.25) is 0 Å². The second kappa shape index (κ2) is 6.67. The third-order valence-electron chi connectivity index (χ3n) is 2.14. The first-order valence-electron chi connectivity index (χ1n) is 5.42. The van der Waals surface area contributed by atoms with Crippen molar-refractivity contribution in [2.24, 2.45) is 0 Å². The highest BCUT2D eigenvalue weighted by Crippen LogP contribution is 2.08. The minimum absolute atomic E-state index is 0.0267. The predicted octanol–water partition coefficient (Wildman–Crippen LogP) is 3.13. The number of ether oxygens (including phenoxy) is 1. The number of rotatable bonds is 5. The normalized spacial score (nSPS) is 11.6. The highest BCUT2D eigenvalue weighted by Gasteiger charge is 2.09. The first-order chi connectivity index (χ1) is 7.76. The summed E-state index contributed by atoms with van der Waals surface area (Å²) in [5, 5.41) is 2.74. The molecule has 1 atom stereocenters. The van der Waals surface area contributed by atoms with E-state index in [4.69, 9.17) is 4.74 Å². The third kappa shape index (κ3) is 4.17. The van der Waals surface area contributed by atoms with Gasteiger partial charge in [-0.15, -0.1) is 6.58 Å². The summed E-state index contributed by atoms with van der Waals surface area (Å²) in [6.07, 6.45) is 3.13. The molecule has 16 heavy (non-hydrogen) atoms. The fourth-order valence-corrected chi connectivity index (χ4v) is 1.34. The first kappa shape index (κ1) is 12.3. The third-order valence-corrected chi connectivity index (χ3v) is 2.14. The van der Waals surface area contributed by atoms with Crippen molar-refractivity contribution in [3.05, 3.63) is 43.0 Å². The number of carbonyl (C=O) groups excluding carboxylic acids is 1. The average Bonchev–Trinajstić information content (AvgIpc) is 2.29. The Morgan fingerprint density at radius 2 is 2.19 bits per heavy atom. The van der Waals surface area contributed by atoms with Gasteiger partial charge in [0.25, 0.3) is 0 Å². The van der Waals surface area contributed by atoms with Gasteiger partial charge in [0.15, 0.2) is 0 Å². The Bertz CT molecular complexity index is 335. The molecule has 0 aliphatic heterocycles. The van der Waals surface area contributed by atoms with Gasteiger partial charge in [0.2, 0.25) is 0 Å². The van der Waals surface area contributed by atoms with Crippen LogP contribution in [0.2, 0.25) is 0 Å². The van der Waals surface area contributed by atoms with Gasteiger partial charge in [-0.05, 0) is 18.6 Å². The molecule has 0 aliphatic carbocycles. The minimum Gasteiger partial charge on any atom is -0.410 e. The van der Waals surface area contributed by atoms with Gasteiger partial charge >= 0.3 is 6.09 Å².